The van der Waals surface area contributed by atoms with Gasteiger partial charge < -0.3 is 10.2 Å². The molecule has 0 aromatic heterocycles. The number of benzene rings is 1. The summed E-state index contributed by atoms with van der Waals surface area (Å²) >= 11 is 0. The zero-order chi connectivity index (χ0) is 15.1. The van der Waals surface area contributed by atoms with E-state index < -0.39 is 0 Å². The predicted molar refractivity (Wildman–Crippen MR) is 82.3 cm³/mol. The molecule has 0 spiro atoms. The van der Waals surface area contributed by atoms with Crippen LogP contribution in [-0.2, 0) is 9.59 Å². The summed E-state index contributed by atoms with van der Waals surface area (Å²) in [4.78, 5) is 24.4. The molecule has 0 aliphatic rings. The highest BCUT2D eigenvalue weighted by molar-refractivity contribution is 5.92. The third-order valence-corrected chi connectivity index (χ3v) is 2.66. The smallest absolute Gasteiger partial charge is 0.246 e. The number of carbonyl (C=O) groups excluding carboxylic acids is 2. The number of amides is 2. The van der Waals surface area contributed by atoms with E-state index in [2.05, 4.69) is 19.2 Å². The average molecular weight is 274 g/mol. The van der Waals surface area contributed by atoms with Gasteiger partial charge in [0, 0.05) is 32.3 Å². The molecule has 1 aromatic carbocycles. The standard InChI is InChI=1S/C16H22N2O2/c1-12(2)11-18(4)16(20)10-7-14-5-8-15(9-6-14)17-13(3)19/h5-10,12H,11H2,1-4H3,(H,17,19)/b10-7+. The number of nitrogens with one attached hydrogen (secondary N) is 1. The summed E-state index contributed by atoms with van der Waals surface area (Å²) in [6.07, 6.45) is 3.34. The van der Waals surface area contributed by atoms with Crippen molar-refractivity contribution in [2.45, 2.75) is 20.8 Å². The van der Waals surface area contributed by atoms with Crippen LogP contribution in [0.2, 0.25) is 0 Å². The number of likely N-dealkylation sites (N-methyl/N-ethyl adjacent to an activating group) is 1. The Kier molecular flexibility index (Phi) is 5.97. The van der Waals surface area contributed by atoms with Crippen molar-refractivity contribution in [3.8, 4) is 0 Å². The first-order valence-electron chi connectivity index (χ1n) is 6.69. The van der Waals surface area contributed by atoms with E-state index in [0.717, 1.165) is 17.8 Å². The fraction of sp³-hybridized carbons (Fsp3) is 0.375. The van der Waals surface area contributed by atoms with Gasteiger partial charge in [-0.25, -0.2) is 0 Å². The van der Waals surface area contributed by atoms with E-state index in [1.165, 1.54) is 6.92 Å². The molecule has 1 N–H and O–H groups in total. The highest BCUT2D eigenvalue weighted by Gasteiger charge is 2.06. The summed E-state index contributed by atoms with van der Waals surface area (Å²) in [6, 6.07) is 7.34. The quantitative estimate of drug-likeness (QED) is 0.839. The lowest BCUT2D eigenvalue weighted by Crippen LogP contribution is -2.28. The summed E-state index contributed by atoms with van der Waals surface area (Å²) < 4.78 is 0. The van der Waals surface area contributed by atoms with E-state index >= 15 is 0 Å². The topological polar surface area (TPSA) is 49.4 Å². The second kappa shape index (κ2) is 7.48. The van der Waals surface area contributed by atoms with Crippen molar-refractivity contribution in [1.29, 1.82) is 0 Å². The number of hydrogen-bond donors (Lipinski definition) is 1. The largest absolute Gasteiger partial charge is 0.342 e. The first-order valence-corrected chi connectivity index (χ1v) is 6.69. The molecule has 0 saturated carbocycles. The van der Waals surface area contributed by atoms with Crippen LogP contribution < -0.4 is 5.32 Å². The van der Waals surface area contributed by atoms with Gasteiger partial charge in [-0.2, -0.15) is 0 Å². The molecule has 2 amide bonds. The number of anilines is 1. The molecule has 4 nitrogen and oxygen atoms in total. The van der Waals surface area contributed by atoms with Gasteiger partial charge in [-0.15, -0.1) is 0 Å². The maximum atomic E-state index is 11.8. The van der Waals surface area contributed by atoms with Gasteiger partial charge in [0.15, 0.2) is 0 Å². The maximum absolute atomic E-state index is 11.8. The molecule has 4 heteroatoms. The second-order valence-electron chi connectivity index (χ2n) is 5.25. The van der Waals surface area contributed by atoms with Crippen molar-refractivity contribution in [2.24, 2.45) is 5.92 Å². The van der Waals surface area contributed by atoms with Gasteiger partial charge in [0.25, 0.3) is 0 Å². The maximum Gasteiger partial charge on any atom is 0.246 e. The van der Waals surface area contributed by atoms with Crippen molar-refractivity contribution >= 4 is 23.6 Å². The third kappa shape index (κ3) is 5.69. The number of hydrogen-bond acceptors (Lipinski definition) is 2. The normalized spacial score (nSPS) is 10.8. The van der Waals surface area contributed by atoms with Crippen LogP contribution in [0.4, 0.5) is 5.69 Å². The van der Waals surface area contributed by atoms with E-state index in [1.807, 2.05) is 24.3 Å². The van der Waals surface area contributed by atoms with E-state index in [9.17, 15) is 9.59 Å². The Morgan fingerprint density at radius 2 is 1.85 bits per heavy atom. The molecule has 0 bridgehead atoms. The van der Waals surface area contributed by atoms with E-state index in [0.29, 0.717) is 5.92 Å². The Morgan fingerprint density at radius 1 is 1.25 bits per heavy atom. The minimum atomic E-state index is -0.0984. The van der Waals surface area contributed by atoms with Crippen molar-refractivity contribution in [1.82, 2.24) is 4.90 Å². The predicted octanol–water partition coefficient (Wildman–Crippen LogP) is 2.77. The van der Waals surface area contributed by atoms with E-state index in [-0.39, 0.29) is 11.8 Å². The van der Waals surface area contributed by atoms with Gasteiger partial charge in [0.2, 0.25) is 11.8 Å². The van der Waals surface area contributed by atoms with E-state index in [1.54, 1.807) is 24.1 Å². The van der Waals surface area contributed by atoms with Crippen LogP contribution in [0.3, 0.4) is 0 Å². The summed E-state index contributed by atoms with van der Waals surface area (Å²) in [5.41, 5.74) is 1.67. The fourth-order valence-corrected chi connectivity index (χ4v) is 1.81. The van der Waals surface area contributed by atoms with Gasteiger partial charge in [-0.3, -0.25) is 9.59 Å². The van der Waals surface area contributed by atoms with Crippen LogP contribution in [0.25, 0.3) is 6.08 Å². The van der Waals surface area contributed by atoms with Crippen LogP contribution in [-0.4, -0.2) is 30.3 Å². The molecule has 1 aromatic rings. The Bertz CT molecular complexity index is 490. The Morgan fingerprint density at radius 3 is 2.35 bits per heavy atom. The van der Waals surface area contributed by atoms with Crippen LogP contribution >= 0.6 is 0 Å². The third-order valence-electron chi connectivity index (χ3n) is 2.66. The molecule has 0 heterocycles. The molecule has 0 saturated heterocycles. The molecular weight excluding hydrogens is 252 g/mol. The number of rotatable bonds is 5. The second-order valence-corrected chi connectivity index (χ2v) is 5.25. The molecule has 0 radical (unpaired) electrons. The minimum absolute atomic E-state index is 0.00959. The molecule has 20 heavy (non-hydrogen) atoms. The summed E-state index contributed by atoms with van der Waals surface area (Å²) in [7, 11) is 1.80. The molecule has 108 valence electrons. The van der Waals surface area contributed by atoms with Gasteiger partial charge >= 0.3 is 0 Å². The van der Waals surface area contributed by atoms with Crippen LogP contribution in [0, 0.1) is 5.92 Å². The van der Waals surface area contributed by atoms with E-state index in [4.69, 9.17) is 0 Å². The van der Waals surface area contributed by atoms with Crippen molar-refractivity contribution < 1.29 is 9.59 Å². The summed E-state index contributed by atoms with van der Waals surface area (Å²) in [5, 5.41) is 2.70. The minimum Gasteiger partial charge on any atom is -0.342 e. The first kappa shape index (κ1) is 16.0. The highest BCUT2D eigenvalue weighted by atomic mass is 16.2. The lowest BCUT2D eigenvalue weighted by atomic mass is 10.2. The monoisotopic (exact) mass is 274 g/mol. The zero-order valence-electron chi connectivity index (χ0n) is 12.5. The molecule has 1 rings (SSSR count). The van der Waals surface area contributed by atoms with Crippen LogP contribution in [0.15, 0.2) is 30.3 Å². The SMILES string of the molecule is CC(=O)Nc1ccc(/C=C/C(=O)N(C)CC(C)C)cc1. The molecule has 0 atom stereocenters. The lowest BCUT2D eigenvalue weighted by molar-refractivity contribution is -0.125. The van der Waals surface area contributed by atoms with Crippen LogP contribution in [0.5, 0.6) is 0 Å². The summed E-state index contributed by atoms with van der Waals surface area (Å²) in [6.45, 7) is 6.37. The van der Waals surface area contributed by atoms with Gasteiger partial charge in [-0.05, 0) is 29.7 Å². The fourth-order valence-electron chi connectivity index (χ4n) is 1.81. The number of carbonyl (C=O) groups is 2. The van der Waals surface area contributed by atoms with Crippen molar-refractivity contribution in [3.05, 3.63) is 35.9 Å². The van der Waals surface area contributed by atoms with Gasteiger partial charge in [0.1, 0.15) is 0 Å². The zero-order valence-corrected chi connectivity index (χ0v) is 12.5. The first-order chi connectivity index (χ1) is 9.38. The average Bonchev–Trinajstić information content (AvgIpc) is 2.36. The summed E-state index contributed by atoms with van der Waals surface area (Å²) in [5.74, 6) is 0.345. The van der Waals surface area contributed by atoms with Crippen molar-refractivity contribution in [3.63, 3.8) is 0 Å². The molecule has 0 aliphatic carbocycles. The lowest BCUT2D eigenvalue weighted by Gasteiger charge is -2.17. The molecule has 0 fully saturated rings. The molecular formula is C16H22N2O2. The Balaban J connectivity index is 2.61. The number of nitrogens with zero attached hydrogens (tertiary/aromatic N) is 1. The molecule has 0 aliphatic heterocycles. The van der Waals surface area contributed by atoms with Crippen molar-refractivity contribution in [2.75, 3.05) is 18.9 Å². The van der Waals surface area contributed by atoms with Crippen LogP contribution in [0.1, 0.15) is 26.3 Å². The van der Waals surface area contributed by atoms with Gasteiger partial charge in [0.05, 0.1) is 0 Å². The Hall–Kier alpha value is -2.10. The van der Waals surface area contributed by atoms with Gasteiger partial charge in [-0.1, -0.05) is 26.0 Å². The molecule has 0 unspecified atom stereocenters. The highest BCUT2D eigenvalue weighted by Crippen LogP contribution is 2.11. The Labute approximate surface area is 120 Å².